The molecule has 1 saturated carbocycles. The number of hydrogen-bond donors (Lipinski definition) is 5. The van der Waals surface area contributed by atoms with Crippen LogP contribution in [0, 0.1) is 0 Å². The molecule has 0 aliphatic heterocycles. The molecule has 0 radical (unpaired) electrons. The zero-order chi connectivity index (χ0) is 43.6. The molecule has 0 aromatic heterocycles. The Hall–Kier alpha value is -1.19. The van der Waals surface area contributed by atoms with Crippen LogP contribution in [0.4, 0.5) is 0 Å². The van der Waals surface area contributed by atoms with Gasteiger partial charge in [0.1, 0.15) is 43.2 Å². The molecule has 1 aliphatic carbocycles. The van der Waals surface area contributed by atoms with Gasteiger partial charge in [0.25, 0.3) is 7.82 Å². The van der Waals surface area contributed by atoms with Gasteiger partial charge in [-0.05, 0) is 77.0 Å². The topological polar surface area (TPSA) is 212 Å². The van der Waals surface area contributed by atoms with Crippen LogP contribution in [-0.4, -0.2) is 93.4 Å². The van der Waals surface area contributed by atoms with Crippen molar-refractivity contribution >= 4 is 19.8 Å². The van der Waals surface area contributed by atoms with Gasteiger partial charge in [-0.25, -0.2) is 0 Å². The molecular formula is C45H78NaO13P. The molecule has 1 aliphatic rings. The Bertz CT molecular complexity index is 1230. The molecule has 8 atom stereocenters. The van der Waals surface area contributed by atoms with E-state index in [-0.39, 0.29) is 42.4 Å². The number of ether oxygens (including phenoxy) is 2. The van der Waals surface area contributed by atoms with Crippen molar-refractivity contribution in [2.75, 3.05) is 13.2 Å². The van der Waals surface area contributed by atoms with Gasteiger partial charge in [-0.3, -0.25) is 14.2 Å². The number of phosphoric ester groups is 1. The molecule has 15 heteroatoms. The van der Waals surface area contributed by atoms with Crippen LogP contribution in [0.25, 0.3) is 0 Å². The van der Waals surface area contributed by atoms with Crippen molar-refractivity contribution in [3.63, 3.8) is 0 Å². The van der Waals surface area contributed by atoms with E-state index in [2.05, 4.69) is 62.5 Å². The van der Waals surface area contributed by atoms with E-state index < -0.39 is 75.7 Å². The van der Waals surface area contributed by atoms with Crippen LogP contribution in [0.5, 0.6) is 0 Å². The zero-order valence-electron chi connectivity index (χ0n) is 37.0. The second-order valence-electron chi connectivity index (χ2n) is 15.5. The summed E-state index contributed by atoms with van der Waals surface area (Å²) < 4.78 is 33.1. The average Bonchev–Trinajstić information content (AvgIpc) is 3.21. The van der Waals surface area contributed by atoms with Crippen LogP contribution in [0.1, 0.15) is 168 Å². The largest absolute Gasteiger partial charge is 1.00 e. The molecule has 0 heterocycles. The SMILES string of the molecule is CCCCC/C=C\C/C=C\CCCCCCCC(=O)OC[C@@H](COP(=O)([O-])OC1[C@H](O)[C@H](O)C(O)[C@H](O)[C@H]1O)OC(=O)CCCCCCC/C=C\C/C=C\CCCCC.[Na+]. The molecule has 13 nitrogen and oxygen atoms in total. The Morgan fingerprint density at radius 1 is 0.550 bits per heavy atom. The predicted molar refractivity (Wildman–Crippen MR) is 228 cm³/mol. The van der Waals surface area contributed by atoms with Gasteiger partial charge in [0.05, 0.1) is 6.61 Å². The van der Waals surface area contributed by atoms with Crippen molar-refractivity contribution in [2.24, 2.45) is 0 Å². The number of hydrogen-bond acceptors (Lipinski definition) is 13. The van der Waals surface area contributed by atoms with E-state index in [0.717, 1.165) is 89.9 Å². The number of carbonyl (C=O) groups excluding carboxylic acids is 2. The third kappa shape index (κ3) is 30.0. The van der Waals surface area contributed by atoms with Crippen LogP contribution >= 0.6 is 7.82 Å². The van der Waals surface area contributed by atoms with Gasteiger partial charge in [-0.1, -0.05) is 127 Å². The van der Waals surface area contributed by atoms with Gasteiger partial charge in [-0.2, -0.15) is 0 Å². The van der Waals surface area contributed by atoms with Crippen LogP contribution < -0.4 is 34.5 Å². The van der Waals surface area contributed by atoms with Gasteiger partial charge in [0.2, 0.25) is 0 Å². The number of unbranched alkanes of at least 4 members (excludes halogenated alkanes) is 16. The molecule has 0 amide bonds. The fraction of sp³-hybridized carbons (Fsp3) is 0.778. The third-order valence-corrected chi connectivity index (χ3v) is 11.1. The molecule has 0 spiro atoms. The fourth-order valence-corrected chi connectivity index (χ4v) is 7.41. The normalized spacial score (nSPS) is 22.4. The van der Waals surface area contributed by atoms with Crippen molar-refractivity contribution in [2.45, 2.75) is 211 Å². The Labute approximate surface area is 383 Å². The first-order valence-electron chi connectivity index (χ1n) is 22.4. The summed E-state index contributed by atoms with van der Waals surface area (Å²) in [5.74, 6) is -1.17. The minimum absolute atomic E-state index is 0. The minimum atomic E-state index is -5.37. The van der Waals surface area contributed by atoms with Gasteiger partial charge in [0.15, 0.2) is 6.10 Å². The number of rotatable bonds is 36. The van der Waals surface area contributed by atoms with Gasteiger partial charge in [-0.15, -0.1) is 0 Å². The molecule has 1 rings (SSSR count). The average molecular weight is 881 g/mol. The number of aliphatic hydroxyl groups is 5. The maximum atomic E-state index is 12.7. The summed E-state index contributed by atoms with van der Waals surface area (Å²) in [6, 6.07) is 0. The smallest absolute Gasteiger partial charge is 0.756 e. The number of phosphoric acid groups is 1. The molecule has 0 saturated heterocycles. The maximum absolute atomic E-state index is 12.7. The summed E-state index contributed by atoms with van der Waals surface area (Å²) in [4.78, 5) is 37.9. The molecule has 0 aromatic carbocycles. The van der Waals surface area contributed by atoms with Gasteiger partial charge < -0.3 is 48.9 Å². The van der Waals surface area contributed by atoms with Crippen LogP contribution in [0.2, 0.25) is 0 Å². The molecule has 0 bridgehead atoms. The van der Waals surface area contributed by atoms with E-state index in [1.807, 2.05) is 0 Å². The van der Waals surface area contributed by atoms with Crippen molar-refractivity contribution in [3.8, 4) is 0 Å². The summed E-state index contributed by atoms with van der Waals surface area (Å²) in [7, 11) is -5.37. The number of esters is 2. The fourth-order valence-electron chi connectivity index (χ4n) is 6.46. The summed E-state index contributed by atoms with van der Waals surface area (Å²) in [6.45, 7) is 3.12. The van der Waals surface area contributed by atoms with Gasteiger partial charge >= 0.3 is 41.5 Å². The summed E-state index contributed by atoms with van der Waals surface area (Å²) in [5.41, 5.74) is 0. The quantitative estimate of drug-likeness (QED) is 0.0189. The maximum Gasteiger partial charge on any atom is 1.00 e. The molecule has 0 aromatic rings. The Morgan fingerprint density at radius 2 is 0.933 bits per heavy atom. The minimum Gasteiger partial charge on any atom is -0.756 e. The van der Waals surface area contributed by atoms with E-state index in [1.54, 1.807) is 0 Å². The monoisotopic (exact) mass is 881 g/mol. The second kappa shape index (κ2) is 38.3. The first kappa shape index (κ1) is 58.8. The van der Waals surface area contributed by atoms with Crippen LogP contribution in [0.15, 0.2) is 48.6 Å². The van der Waals surface area contributed by atoms with Gasteiger partial charge in [0, 0.05) is 12.8 Å². The predicted octanol–water partition coefficient (Wildman–Crippen LogP) is 4.76. The summed E-state index contributed by atoms with van der Waals surface area (Å²) >= 11 is 0. The zero-order valence-corrected chi connectivity index (χ0v) is 39.9. The second-order valence-corrected chi connectivity index (χ2v) is 16.9. The molecule has 60 heavy (non-hydrogen) atoms. The Kier molecular flexibility index (Phi) is 37.5. The van der Waals surface area contributed by atoms with E-state index in [0.29, 0.717) is 12.8 Å². The Morgan fingerprint density at radius 3 is 1.38 bits per heavy atom. The first-order chi connectivity index (χ1) is 28.4. The molecule has 342 valence electrons. The van der Waals surface area contributed by atoms with E-state index in [9.17, 15) is 44.6 Å². The molecule has 5 N–H and O–H groups in total. The van der Waals surface area contributed by atoms with E-state index in [4.69, 9.17) is 18.5 Å². The first-order valence-corrected chi connectivity index (χ1v) is 23.9. The number of aliphatic hydroxyl groups excluding tert-OH is 5. The van der Waals surface area contributed by atoms with Crippen LogP contribution in [0.3, 0.4) is 0 Å². The van der Waals surface area contributed by atoms with Crippen molar-refractivity contribution in [3.05, 3.63) is 48.6 Å². The molecule has 3 unspecified atom stereocenters. The third-order valence-electron chi connectivity index (χ3n) is 10.1. The number of carbonyl (C=O) groups is 2. The summed E-state index contributed by atoms with van der Waals surface area (Å²) in [6.07, 6.45) is 26.9. The standard InChI is InChI=1S/C45H79O13P.Na/c1-3-5-7-9-11-13-15-17-19-21-23-25-27-29-31-33-38(46)55-35-37(36-56-59(53,54)58-45-43(51)41(49)40(48)42(50)44(45)52)57-39(47)34-32-30-28-26-24-22-20-18-16-14-12-10-8-6-4-2;/h11-14,17-20,37,40-45,48-52H,3-10,15-16,21-36H2,1-2H3,(H,53,54);/q;+1/p-1/b13-11-,14-12-,19-17-,20-18-;/t37-,40?,41-,42+,43+,44+,45?;/m0./s1. The van der Waals surface area contributed by atoms with Crippen molar-refractivity contribution in [1.82, 2.24) is 0 Å². The summed E-state index contributed by atoms with van der Waals surface area (Å²) in [5, 5.41) is 50.0. The van der Waals surface area contributed by atoms with Crippen molar-refractivity contribution < 1.29 is 92.7 Å². The van der Waals surface area contributed by atoms with Crippen molar-refractivity contribution in [1.29, 1.82) is 0 Å². The molecular weight excluding hydrogens is 802 g/mol. The number of allylic oxidation sites excluding steroid dienone is 8. The van der Waals surface area contributed by atoms with E-state index >= 15 is 0 Å². The Balaban J connectivity index is 0.0000348. The van der Waals surface area contributed by atoms with E-state index in [1.165, 1.54) is 38.5 Å². The molecule has 1 fully saturated rings. The van der Waals surface area contributed by atoms with Crippen LogP contribution in [-0.2, 0) is 32.7 Å².